The van der Waals surface area contributed by atoms with Gasteiger partial charge in [-0.25, -0.2) is 8.42 Å². The summed E-state index contributed by atoms with van der Waals surface area (Å²) in [7, 11) is -2.93. The predicted molar refractivity (Wildman–Crippen MR) is 133 cm³/mol. The van der Waals surface area contributed by atoms with E-state index in [4.69, 9.17) is 16.3 Å². The Bertz CT molecular complexity index is 1350. The van der Waals surface area contributed by atoms with Crippen LogP contribution in [-0.4, -0.2) is 32.9 Å². The minimum Gasteiger partial charge on any atom is -0.497 e. The monoisotopic (exact) mass is 567 g/mol. The highest BCUT2D eigenvalue weighted by Crippen LogP contribution is 2.31. The number of nitro benzene ring substituents is 1. The van der Waals surface area contributed by atoms with E-state index in [1.165, 1.54) is 31.4 Å². The van der Waals surface area contributed by atoms with E-state index >= 15 is 0 Å². The molecule has 1 N–H and O–H groups in total. The van der Waals surface area contributed by atoms with Gasteiger partial charge in [-0.15, -0.1) is 0 Å². The van der Waals surface area contributed by atoms with Crippen molar-refractivity contribution in [3.63, 3.8) is 0 Å². The molecule has 0 radical (unpaired) electrons. The van der Waals surface area contributed by atoms with E-state index in [2.05, 4.69) is 21.2 Å². The fourth-order valence-corrected chi connectivity index (χ4v) is 4.91. The molecule has 3 rings (SSSR count). The van der Waals surface area contributed by atoms with Crippen LogP contribution in [0.1, 0.15) is 5.56 Å². The van der Waals surface area contributed by atoms with Crippen LogP contribution in [0.5, 0.6) is 5.75 Å². The number of sulfonamides is 1. The molecule has 0 saturated heterocycles. The first-order chi connectivity index (χ1) is 16.0. The topological polar surface area (TPSA) is 119 Å². The average molecular weight is 569 g/mol. The number of ether oxygens (including phenoxy) is 1. The fraction of sp³-hybridized carbons (Fsp3) is 0.136. The molecule has 0 atom stereocenters. The molecule has 0 bridgehead atoms. The van der Waals surface area contributed by atoms with E-state index < -0.39 is 33.1 Å². The highest BCUT2D eigenvalue weighted by atomic mass is 79.9. The fourth-order valence-electron chi connectivity index (χ4n) is 3.04. The lowest BCUT2D eigenvalue weighted by Crippen LogP contribution is -2.38. The first-order valence-electron chi connectivity index (χ1n) is 9.69. The highest BCUT2D eigenvalue weighted by molar-refractivity contribution is 9.10. The van der Waals surface area contributed by atoms with Gasteiger partial charge in [0.2, 0.25) is 5.91 Å². The minimum atomic E-state index is -4.39. The standard InChI is InChI=1S/C22H19BrClN3O6S/c1-14-11-15(3-9-19(14)23)25-22(28)13-26(16-4-6-17(33-2)7-5-16)34(31,32)18-8-10-20(24)21(12-18)27(29)30/h3-12H,13H2,1-2H3,(H,25,28). The number of nitrogens with one attached hydrogen (secondary N) is 1. The second-order valence-corrected chi connectivity index (χ2v) is 10.2. The second kappa shape index (κ2) is 10.4. The van der Waals surface area contributed by atoms with Crippen LogP contribution in [0.4, 0.5) is 17.1 Å². The van der Waals surface area contributed by atoms with Crippen LogP contribution >= 0.6 is 27.5 Å². The smallest absolute Gasteiger partial charge is 0.289 e. The number of methoxy groups -OCH3 is 1. The first kappa shape index (κ1) is 25.5. The van der Waals surface area contributed by atoms with Crippen LogP contribution in [0.15, 0.2) is 70.0 Å². The molecule has 178 valence electrons. The third kappa shape index (κ3) is 5.66. The first-order valence-corrected chi connectivity index (χ1v) is 12.3. The van der Waals surface area contributed by atoms with Gasteiger partial charge in [-0.1, -0.05) is 27.5 Å². The summed E-state index contributed by atoms with van der Waals surface area (Å²) in [6.07, 6.45) is 0. The van der Waals surface area contributed by atoms with Gasteiger partial charge in [0.15, 0.2) is 0 Å². The number of nitro groups is 1. The summed E-state index contributed by atoms with van der Waals surface area (Å²) in [6, 6.07) is 14.3. The summed E-state index contributed by atoms with van der Waals surface area (Å²) >= 11 is 9.22. The summed E-state index contributed by atoms with van der Waals surface area (Å²) in [5, 5.41) is 13.7. The van der Waals surface area contributed by atoms with Crippen molar-refractivity contribution in [3.8, 4) is 5.75 Å². The quantitative estimate of drug-likeness (QED) is 0.296. The lowest BCUT2D eigenvalue weighted by atomic mass is 10.2. The number of carbonyl (C=O) groups is 1. The van der Waals surface area contributed by atoms with E-state index in [1.54, 1.807) is 18.2 Å². The summed E-state index contributed by atoms with van der Waals surface area (Å²) in [5.41, 5.74) is 0.971. The third-order valence-corrected chi connectivity index (χ3v) is 7.77. The Morgan fingerprint density at radius 3 is 2.41 bits per heavy atom. The molecule has 0 saturated carbocycles. The second-order valence-electron chi connectivity index (χ2n) is 7.09. The van der Waals surface area contributed by atoms with Gasteiger partial charge in [-0.2, -0.15) is 0 Å². The number of amides is 1. The van der Waals surface area contributed by atoms with Gasteiger partial charge in [0.05, 0.1) is 22.6 Å². The SMILES string of the molecule is COc1ccc(N(CC(=O)Nc2ccc(Br)c(C)c2)S(=O)(=O)c2ccc(Cl)c([N+](=O)[O-])c2)cc1. The zero-order valence-corrected chi connectivity index (χ0v) is 21.1. The number of hydrogen-bond donors (Lipinski definition) is 1. The molecule has 0 spiro atoms. The Hall–Kier alpha value is -3.15. The number of carbonyl (C=O) groups excluding carboxylic acids is 1. The van der Waals surface area contributed by atoms with E-state index in [0.29, 0.717) is 11.4 Å². The lowest BCUT2D eigenvalue weighted by Gasteiger charge is -2.24. The molecule has 0 aliphatic carbocycles. The van der Waals surface area contributed by atoms with Crippen molar-refractivity contribution < 1.29 is 22.9 Å². The van der Waals surface area contributed by atoms with E-state index in [0.717, 1.165) is 32.5 Å². The largest absolute Gasteiger partial charge is 0.497 e. The van der Waals surface area contributed by atoms with Gasteiger partial charge in [-0.3, -0.25) is 19.2 Å². The number of anilines is 2. The average Bonchev–Trinajstić information content (AvgIpc) is 2.80. The molecule has 0 aromatic heterocycles. The van der Waals surface area contributed by atoms with E-state index in [1.807, 2.05) is 6.92 Å². The maximum absolute atomic E-state index is 13.5. The van der Waals surface area contributed by atoms with Crippen LogP contribution in [0, 0.1) is 17.0 Å². The zero-order valence-electron chi connectivity index (χ0n) is 18.0. The summed E-state index contributed by atoms with van der Waals surface area (Å²) in [5.74, 6) is -0.123. The molecule has 0 aliphatic heterocycles. The molecular formula is C22H19BrClN3O6S. The molecule has 3 aromatic rings. The molecule has 0 aliphatic rings. The molecule has 0 heterocycles. The Kier molecular flexibility index (Phi) is 7.80. The predicted octanol–water partition coefficient (Wildman–Crippen LogP) is 5.16. The normalized spacial score (nSPS) is 11.1. The molecule has 34 heavy (non-hydrogen) atoms. The Labute approximate surface area is 209 Å². The van der Waals surface area contributed by atoms with Crippen molar-refractivity contribution in [2.45, 2.75) is 11.8 Å². The Morgan fingerprint density at radius 2 is 1.82 bits per heavy atom. The molecular weight excluding hydrogens is 550 g/mol. The van der Waals surface area contributed by atoms with Crippen molar-refractivity contribution in [3.05, 3.63) is 85.8 Å². The number of rotatable bonds is 8. The third-order valence-electron chi connectivity index (χ3n) is 4.79. The zero-order chi connectivity index (χ0) is 25.0. The van der Waals surface area contributed by atoms with Crippen LogP contribution < -0.4 is 14.4 Å². The van der Waals surface area contributed by atoms with E-state index in [-0.39, 0.29) is 15.6 Å². The van der Waals surface area contributed by atoms with Gasteiger partial charge < -0.3 is 10.1 Å². The van der Waals surface area contributed by atoms with Crippen molar-refractivity contribution in [2.75, 3.05) is 23.3 Å². The number of nitrogens with zero attached hydrogens (tertiary/aromatic N) is 2. The van der Waals surface area contributed by atoms with Crippen molar-refractivity contribution in [2.24, 2.45) is 0 Å². The van der Waals surface area contributed by atoms with Crippen LogP contribution in [0.25, 0.3) is 0 Å². The van der Waals surface area contributed by atoms with Gasteiger partial charge in [0.1, 0.15) is 17.3 Å². The number of halogens is 2. The molecule has 9 nitrogen and oxygen atoms in total. The number of benzene rings is 3. The maximum atomic E-state index is 13.5. The molecule has 3 aromatic carbocycles. The van der Waals surface area contributed by atoms with Crippen molar-refractivity contribution in [1.29, 1.82) is 0 Å². The van der Waals surface area contributed by atoms with Gasteiger partial charge in [0.25, 0.3) is 15.7 Å². The minimum absolute atomic E-state index is 0.167. The van der Waals surface area contributed by atoms with Crippen LogP contribution in [-0.2, 0) is 14.8 Å². The Morgan fingerprint density at radius 1 is 1.15 bits per heavy atom. The number of aryl methyl sites for hydroxylation is 1. The summed E-state index contributed by atoms with van der Waals surface area (Å²) in [4.78, 5) is 23.0. The Balaban J connectivity index is 2.00. The van der Waals surface area contributed by atoms with Crippen LogP contribution in [0.2, 0.25) is 5.02 Å². The van der Waals surface area contributed by atoms with Crippen LogP contribution in [0.3, 0.4) is 0 Å². The van der Waals surface area contributed by atoms with Gasteiger partial charge in [0, 0.05) is 16.2 Å². The highest BCUT2D eigenvalue weighted by Gasteiger charge is 2.29. The molecule has 12 heteroatoms. The van der Waals surface area contributed by atoms with Crippen molar-refractivity contribution >= 4 is 60.5 Å². The molecule has 1 amide bonds. The van der Waals surface area contributed by atoms with Gasteiger partial charge in [-0.05, 0) is 67.1 Å². The summed E-state index contributed by atoms with van der Waals surface area (Å²) in [6.45, 7) is 1.27. The maximum Gasteiger partial charge on any atom is 0.289 e. The molecule has 0 fully saturated rings. The van der Waals surface area contributed by atoms with Crippen molar-refractivity contribution in [1.82, 2.24) is 0 Å². The lowest BCUT2D eigenvalue weighted by molar-refractivity contribution is -0.384. The summed E-state index contributed by atoms with van der Waals surface area (Å²) < 4.78 is 33.8. The van der Waals surface area contributed by atoms with Gasteiger partial charge >= 0.3 is 0 Å². The number of hydrogen-bond acceptors (Lipinski definition) is 6. The van der Waals surface area contributed by atoms with E-state index in [9.17, 15) is 23.3 Å². The molecule has 0 unspecified atom stereocenters.